The van der Waals surface area contributed by atoms with Gasteiger partial charge in [0.15, 0.2) is 0 Å². The van der Waals surface area contributed by atoms with Gasteiger partial charge in [-0.15, -0.1) is 0 Å². The van der Waals surface area contributed by atoms with E-state index in [1.165, 1.54) is 43.2 Å². The lowest BCUT2D eigenvalue weighted by molar-refractivity contribution is 0.374. The predicted molar refractivity (Wildman–Crippen MR) is 71.9 cm³/mol. The molecule has 0 saturated heterocycles. The Balaban J connectivity index is 1.75. The number of nitrogens with one attached hydrogen (secondary N) is 1. The fourth-order valence-electron chi connectivity index (χ4n) is 3.46. The fourth-order valence-corrected chi connectivity index (χ4v) is 3.46. The molecule has 2 heteroatoms. The Labute approximate surface area is 104 Å². The molecule has 0 amide bonds. The third-order valence-electron chi connectivity index (χ3n) is 4.52. The Morgan fingerprint density at radius 1 is 1.24 bits per heavy atom. The Morgan fingerprint density at radius 2 is 2.12 bits per heavy atom. The van der Waals surface area contributed by atoms with Gasteiger partial charge in [-0.3, -0.25) is 0 Å². The van der Waals surface area contributed by atoms with Crippen molar-refractivity contribution in [2.24, 2.45) is 5.92 Å². The Hall–Kier alpha value is -1.02. The van der Waals surface area contributed by atoms with Gasteiger partial charge in [0.2, 0.25) is 0 Å². The summed E-state index contributed by atoms with van der Waals surface area (Å²) < 4.78 is 0. The maximum Gasteiger partial charge on any atom is 0.0328 e. The summed E-state index contributed by atoms with van der Waals surface area (Å²) in [6.45, 7) is 2.38. The van der Waals surface area contributed by atoms with Gasteiger partial charge < -0.3 is 11.1 Å². The number of fused-ring (bicyclic) bond motifs is 1. The third kappa shape index (κ3) is 2.06. The maximum absolute atomic E-state index is 5.84. The molecule has 0 aliphatic heterocycles. The highest BCUT2D eigenvalue weighted by Crippen LogP contribution is 2.35. The zero-order chi connectivity index (χ0) is 11.8. The standard InChI is InChI=1S/C15H22N2/c1-10-3-2-4-14(10)17-15-8-5-11-9-12(16)6-7-13(11)15/h6-7,9-10,14-15,17H,2-5,8,16H2,1H3. The molecule has 17 heavy (non-hydrogen) atoms. The number of rotatable bonds is 2. The molecule has 3 N–H and O–H groups in total. The van der Waals surface area contributed by atoms with Gasteiger partial charge in [-0.1, -0.05) is 19.4 Å². The molecule has 0 heterocycles. The van der Waals surface area contributed by atoms with Gasteiger partial charge in [0.05, 0.1) is 0 Å². The van der Waals surface area contributed by atoms with Gasteiger partial charge in [0.25, 0.3) is 0 Å². The van der Waals surface area contributed by atoms with E-state index < -0.39 is 0 Å². The summed E-state index contributed by atoms with van der Waals surface area (Å²) in [5.41, 5.74) is 9.68. The average molecular weight is 230 g/mol. The van der Waals surface area contributed by atoms with Crippen molar-refractivity contribution in [2.75, 3.05) is 5.73 Å². The summed E-state index contributed by atoms with van der Waals surface area (Å²) in [6.07, 6.45) is 6.54. The maximum atomic E-state index is 5.84. The number of anilines is 1. The molecule has 0 aromatic heterocycles. The van der Waals surface area contributed by atoms with Gasteiger partial charge in [0, 0.05) is 17.8 Å². The monoisotopic (exact) mass is 230 g/mol. The van der Waals surface area contributed by atoms with Crippen LogP contribution in [0.4, 0.5) is 5.69 Å². The van der Waals surface area contributed by atoms with Gasteiger partial charge in [-0.25, -0.2) is 0 Å². The van der Waals surface area contributed by atoms with Crippen LogP contribution in [0, 0.1) is 5.92 Å². The van der Waals surface area contributed by atoms with E-state index >= 15 is 0 Å². The van der Waals surface area contributed by atoms with Crippen LogP contribution in [-0.2, 0) is 6.42 Å². The van der Waals surface area contributed by atoms with Crippen LogP contribution < -0.4 is 11.1 Å². The van der Waals surface area contributed by atoms with Gasteiger partial charge in [-0.05, 0) is 54.9 Å². The third-order valence-corrected chi connectivity index (χ3v) is 4.52. The van der Waals surface area contributed by atoms with E-state index in [2.05, 4.69) is 24.4 Å². The quantitative estimate of drug-likeness (QED) is 0.766. The normalized spacial score (nSPS) is 31.7. The summed E-state index contributed by atoms with van der Waals surface area (Å²) in [7, 11) is 0. The second kappa shape index (κ2) is 4.34. The second-order valence-corrected chi connectivity index (χ2v) is 5.73. The highest BCUT2D eigenvalue weighted by atomic mass is 15.0. The molecular weight excluding hydrogens is 208 g/mol. The van der Waals surface area contributed by atoms with Crippen molar-refractivity contribution in [3.05, 3.63) is 29.3 Å². The fraction of sp³-hybridized carbons (Fsp3) is 0.600. The van der Waals surface area contributed by atoms with Crippen LogP contribution in [0.3, 0.4) is 0 Å². The van der Waals surface area contributed by atoms with E-state index in [9.17, 15) is 0 Å². The first-order valence-electron chi connectivity index (χ1n) is 6.88. The molecule has 1 aromatic carbocycles. The highest BCUT2D eigenvalue weighted by Gasteiger charge is 2.29. The number of nitrogen functional groups attached to an aromatic ring is 1. The minimum absolute atomic E-state index is 0.566. The van der Waals surface area contributed by atoms with Crippen molar-refractivity contribution in [1.29, 1.82) is 0 Å². The van der Waals surface area contributed by atoms with Crippen molar-refractivity contribution in [2.45, 2.75) is 51.1 Å². The molecule has 1 saturated carbocycles. The van der Waals surface area contributed by atoms with E-state index in [1.807, 2.05) is 6.07 Å². The number of aryl methyl sites for hydroxylation is 1. The molecular formula is C15H22N2. The second-order valence-electron chi connectivity index (χ2n) is 5.73. The van der Waals surface area contributed by atoms with Crippen LogP contribution in [0.15, 0.2) is 18.2 Å². The Morgan fingerprint density at radius 3 is 2.88 bits per heavy atom. The van der Waals surface area contributed by atoms with Crippen molar-refractivity contribution in [3.8, 4) is 0 Å². The molecule has 2 aliphatic carbocycles. The Bertz CT molecular complexity index is 413. The highest BCUT2D eigenvalue weighted by molar-refractivity contribution is 5.47. The van der Waals surface area contributed by atoms with Crippen LogP contribution in [0.25, 0.3) is 0 Å². The van der Waals surface area contributed by atoms with Crippen molar-refractivity contribution in [3.63, 3.8) is 0 Å². The molecule has 92 valence electrons. The van der Waals surface area contributed by atoms with E-state index in [0.29, 0.717) is 6.04 Å². The molecule has 0 bridgehead atoms. The first-order valence-corrected chi connectivity index (χ1v) is 6.88. The first-order chi connectivity index (χ1) is 8.24. The summed E-state index contributed by atoms with van der Waals surface area (Å²) in [5.74, 6) is 0.841. The van der Waals surface area contributed by atoms with Crippen LogP contribution in [0.2, 0.25) is 0 Å². The lowest BCUT2D eigenvalue weighted by atomic mass is 10.0. The van der Waals surface area contributed by atoms with E-state index in [1.54, 1.807) is 0 Å². The van der Waals surface area contributed by atoms with Crippen LogP contribution in [0.5, 0.6) is 0 Å². The SMILES string of the molecule is CC1CCCC1NC1CCc2cc(N)ccc21. The molecule has 1 aromatic rings. The number of nitrogens with two attached hydrogens (primary N) is 1. The minimum Gasteiger partial charge on any atom is -0.399 e. The van der Waals surface area contributed by atoms with E-state index in [-0.39, 0.29) is 0 Å². The zero-order valence-corrected chi connectivity index (χ0v) is 10.6. The number of hydrogen-bond acceptors (Lipinski definition) is 2. The molecule has 3 unspecified atom stereocenters. The molecule has 3 rings (SSSR count). The van der Waals surface area contributed by atoms with Crippen molar-refractivity contribution in [1.82, 2.24) is 5.32 Å². The van der Waals surface area contributed by atoms with E-state index in [0.717, 1.165) is 17.6 Å². The largest absolute Gasteiger partial charge is 0.399 e. The van der Waals surface area contributed by atoms with Crippen LogP contribution >= 0.6 is 0 Å². The zero-order valence-electron chi connectivity index (χ0n) is 10.6. The molecule has 1 fully saturated rings. The number of hydrogen-bond donors (Lipinski definition) is 2. The average Bonchev–Trinajstić information content (AvgIpc) is 2.87. The van der Waals surface area contributed by atoms with Crippen molar-refractivity contribution < 1.29 is 0 Å². The summed E-state index contributed by atoms with van der Waals surface area (Å²) in [5, 5.41) is 3.86. The minimum atomic E-state index is 0.566. The topological polar surface area (TPSA) is 38.0 Å². The molecule has 0 spiro atoms. The first kappa shape index (κ1) is 11.1. The lowest BCUT2D eigenvalue weighted by Gasteiger charge is -2.23. The van der Waals surface area contributed by atoms with E-state index in [4.69, 9.17) is 5.73 Å². The van der Waals surface area contributed by atoms with Crippen LogP contribution in [0.1, 0.15) is 49.8 Å². The number of benzene rings is 1. The molecule has 2 aliphatic rings. The smallest absolute Gasteiger partial charge is 0.0328 e. The summed E-state index contributed by atoms with van der Waals surface area (Å²) in [6, 6.07) is 7.70. The van der Waals surface area contributed by atoms with Gasteiger partial charge >= 0.3 is 0 Å². The molecule has 0 radical (unpaired) electrons. The lowest BCUT2D eigenvalue weighted by Crippen LogP contribution is -2.33. The van der Waals surface area contributed by atoms with Crippen molar-refractivity contribution >= 4 is 5.69 Å². The molecule has 3 atom stereocenters. The molecule has 2 nitrogen and oxygen atoms in total. The predicted octanol–water partition coefficient (Wildman–Crippen LogP) is 3.03. The van der Waals surface area contributed by atoms with Gasteiger partial charge in [0.1, 0.15) is 0 Å². The van der Waals surface area contributed by atoms with Crippen LogP contribution in [-0.4, -0.2) is 6.04 Å². The van der Waals surface area contributed by atoms with Gasteiger partial charge in [-0.2, -0.15) is 0 Å². The summed E-state index contributed by atoms with van der Waals surface area (Å²) >= 11 is 0. The Kier molecular flexibility index (Phi) is 2.83. The summed E-state index contributed by atoms with van der Waals surface area (Å²) in [4.78, 5) is 0.